The number of aryl methyl sites for hydroxylation is 1. The Morgan fingerprint density at radius 2 is 2.00 bits per heavy atom. The summed E-state index contributed by atoms with van der Waals surface area (Å²) in [7, 11) is 0. The lowest BCUT2D eigenvalue weighted by Crippen LogP contribution is -2.26. The zero-order valence-electron chi connectivity index (χ0n) is 11.8. The van der Waals surface area contributed by atoms with Crippen molar-refractivity contribution in [2.24, 2.45) is 0 Å². The van der Waals surface area contributed by atoms with Gasteiger partial charge in [-0.05, 0) is 37.0 Å². The molecule has 2 aromatic rings. The molecule has 0 radical (unpaired) electrons. The molecule has 1 amide bonds. The number of carboxylic acid groups (broad SMARTS) is 1. The molecule has 116 valence electrons. The number of anilines is 1. The van der Waals surface area contributed by atoms with Gasteiger partial charge in [-0.15, -0.1) is 11.3 Å². The molecule has 0 aliphatic rings. The minimum absolute atomic E-state index is 0.0360. The topological polar surface area (TPSA) is 82.1 Å². The quantitative estimate of drug-likeness (QED) is 0.877. The third kappa shape index (κ3) is 4.82. The van der Waals surface area contributed by atoms with Crippen LogP contribution in [-0.4, -0.2) is 16.9 Å². The van der Waals surface area contributed by atoms with Crippen LogP contribution in [0.2, 0.25) is 5.02 Å². The van der Waals surface area contributed by atoms with Crippen molar-refractivity contribution < 1.29 is 14.7 Å². The van der Waals surface area contributed by atoms with Gasteiger partial charge in [0.1, 0.15) is 0 Å². The Balaban J connectivity index is 2.07. The first-order valence-electron chi connectivity index (χ1n) is 6.61. The SMILES string of the molecule is Cc1csc(NC(=O)C[C@@H](CC(=O)[O-])c2ccc(Cl)cc2)n1. The number of benzene rings is 1. The van der Waals surface area contributed by atoms with Crippen LogP contribution in [-0.2, 0) is 9.59 Å². The van der Waals surface area contributed by atoms with Crippen molar-refractivity contribution in [3.63, 3.8) is 0 Å². The van der Waals surface area contributed by atoms with Crippen LogP contribution in [0.15, 0.2) is 29.6 Å². The smallest absolute Gasteiger partial charge is 0.226 e. The minimum atomic E-state index is -1.20. The van der Waals surface area contributed by atoms with E-state index in [2.05, 4.69) is 10.3 Å². The van der Waals surface area contributed by atoms with Gasteiger partial charge in [0, 0.05) is 22.8 Å². The first-order chi connectivity index (χ1) is 10.4. The zero-order chi connectivity index (χ0) is 16.1. The van der Waals surface area contributed by atoms with Gasteiger partial charge < -0.3 is 15.2 Å². The van der Waals surface area contributed by atoms with Crippen LogP contribution < -0.4 is 10.4 Å². The van der Waals surface area contributed by atoms with Crippen molar-refractivity contribution >= 4 is 39.9 Å². The van der Waals surface area contributed by atoms with Gasteiger partial charge in [-0.1, -0.05) is 23.7 Å². The number of hydrogen-bond acceptors (Lipinski definition) is 5. The summed E-state index contributed by atoms with van der Waals surface area (Å²) in [6, 6.07) is 6.77. The first kappa shape index (κ1) is 16.5. The van der Waals surface area contributed by atoms with E-state index in [1.807, 2.05) is 12.3 Å². The van der Waals surface area contributed by atoms with Crippen molar-refractivity contribution in [1.29, 1.82) is 0 Å². The highest BCUT2D eigenvalue weighted by Gasteiger charge is 2.17. The van der Waals surface area contributed by atoms with E-state index >= 15 is 0 Å². The molecule has 0 spiro atoms. The van der Waals surface area contributed by atoms with Gasteiger partial charge in [0.15, 0.2) is 5.13 Å². The average molecular weight is 338 g/mol. The second-order valence-corrected chi connectivity index (χ2v) is 6.17. The molecular formula is C15H14ClN2O3S-. The number of carbonyl (C=O) groups excluding carboxylic acids is 2. The van der Waals surface area contributed by atoms with Crippen LogP contribution in [0.4, 0.5) is 5.13 Å². The summed E-state index contributed by atoms with van der Waals surface area (Å²) in [5.74, 6) is -1.95. The normalized spacial score (nSPS) is 11.9. The summed E-state index contributed by atoms with van der Waals surface area (Å²) >= 11 is 7.15. The molecule has 7 heteroatoms. The lowest BCUT2D eigenvalue weighted by molar-refractivity contribution is -0.306. The number of hydrogen-bond donors (Lipinski definition) is 1. The lowest BCUT2D eigenvalue weighted by atomic mass is 9.92. The summed E-state index contributed by atoms with van der Waals surface area (Å²) in [5.41, 5.74) is 1.56. The number of halogens is 1. The van der Waals surface area contributed by atoms with Crippen molar-refractivity contribution in [1.82, 2.24) is 4.98 Å². The highest BCUT2D eigenvalue weighted by atomic mass is 35.5. The summed E-state index contributed by atoms with van der Waals surface area (Å²) in [4.78, 5) is 27.1. The van der Waals surface area contributed by atoms with E-state index in [-0.39, 0.29) is 18.7 Å². The Labute approximate surface area is 137 Å². The lowest BCUT2D eigenvalue weighted by Gasteiger charge is -2.17. The van der Waals surface area contributed by atoms with E-state index in [1.54, 1.807) is 24.3 Å². The standard InChI is InChI=1S/C15H15ClN2O3S/c1-9-8-22-15(17-9)18-13(19)6-11(7-14(20)21)10-2-4-12(16)5-3-10/h2-5,8,11H,6-7H2,1H3,(H,20,21)(H,17,18,19)/p-1/t11-/m0/s1. The van der Waals surface area contributed by atoms with E-state index in [9.17, 15) is 14.7 Å². The summed E-state index contributed by atoms with van der Waals surface area (Å²) in [5, 5.41) is 16.5. The minimum Gasteiger partial charge on any atom is -0.550 e. The summed E-state index contributed by atoms with van der Waals surface area (Å²) in [6.07, 6.45) is -0.194. The molecule has 22 heavy (non-hydrogen) atoms. The number of carbonyl (C=O) groups is 2. The van der Waals surface area contributed by atoms with Crippen molar-refractivity contribution in [2.45, 2.75) is 25.7 Å². The summed E-state index contributed by atoms with van der Waals surface area (Å²) in [6.45, 7) is 1.83. The molecule has 0 saturated carbocycles. The number of aromatic nitrogens is 1. The molecule has 1 aromatic carbocycles. The number of rotatable bonds is 6. The monoisotopic (exact) mass is 337 g/mol. The van der Waals surface area contributed by atoms with Crippen molar-refractivity contribution in [2.75, 3.05) is 5.32 Å². The second-order valence-electron chi connectivity index (χ2n) is 4.87. The zero-order valence-corrected chi connectivity index (χ0v) is 13.4. The van der Waals surface area contributed by atoms with Crippen molar-refractivity contribution in [3.8, 4) is 0 Å². The molecule has 1 heterocycles. The second kappa shape index (κ2) is 7.38. The Morgan fingerprint density at radius 1 is 1.32 bits per heavy atom. The molecular weight excluding hydrogens is 324 g/mol. The van der Waals surface area contributed by atoms with E-state index in [4.69, 9.17) is 11.6 Å². The summed E-state index contributed by atoms with van der Waals surface area (Å²) < 4.78 is 0. The first-order valence-corrected chi connectivity index (χ1v) is 7.87. The molecule has 0 unspecified atom stereocenters. The molecule has 0 saturated heterocycles. The maximum atomic E-state index is 12.1. The third-order valence-corrected chi connectivity index (χ3v) is 4.18. The molecule has 0 bridgehead atoms. The molecule has 1 N–H and O–H groups in total. The fourth-order valence-electron chi connectivity index (χ4n) is 2.05. The predicted octanol–water partition coefficient (Wildman–Crippen LogP) is 2.36. The Kier molecular flexibility index (Phi) is 5.51. The van der Waals surface area contributed by atoms with Gasteiger partial charge >= 0.3 is 0 Å². The molecule has 2 rings (SSSR count). The van der Waals surface area contributed by atoms with E-state index in [1.165, 1.54) is 11.3 Å². The molecule has 0 fully saturated rings. The number of amides is 1. The van der Waals surface area contributed by atoms with Gasteiger partial charge in [0.25, 0.3) is 0 Å². The Hall–Kier alpha value is -1.92. The molecule has 1 aromatic heterocycles. The van der Waals surface area contributed by atoms with Crippen LogP contribution in [0.1, 0.15) is 30.0 Å². The average Bonchev–Trinajstić information content (AvgIpc) is 2.83. The molecule has 0 aliphatic heterocycles. The highest BCUT2D eigenvalue weighted by Crippen LogP contribution is 2.25. The van der Waals surface area contributed by atoms with Crippen LogP contribution in [0.3, 0.4) is 0 Å². The number of nitrogens with zero attached hydrogens (tertiary/aromatic N) is 1. The molecule has 5 nitrogen and oxygen atoms in total. The third-order valence-electron chi connectivity index (χ3n) is 3.05. The molecule has 1 atom stereocenters. The maximum absolute atomic E-state index is 12.1. The maximum Gasteiger partial charge on any atom is 0.226 e. The van der Waals surface area contributed by atoms with Crippen LogP contribution >= 0.6 is 22.9 Å². The van der Waals surface area contributed by atoms with Crippen molar-refractivity contribution in [3.05, 3.63) is 45.9 Å². The number of carboxylic acids is 1. The fourth-order valence-corrected chi connectivity index (χ4v) is 2.88. The van der Waals surface area contributed by atoms with E-state index < -0.39 is 11.9 Å². The van der Waals surface area contributed by atoms with Gasteiger partial charge in [0.05, 0.1) is 5.69 Å². The van der Waals surface area contributed by atoms with Crippen LogP contribution in [0, 0.1) is 6.92 Å². The van der Waals surface area contributed by atoms with Gasteiger partial charge in [0.2, 0.25) is 5.91 Å². The van der Waals surface area contributed by atoms with Gasteiger partial charge in [-0.2, -0.15) is 0 Å². The Morgan fingerprint density at radius 3 is 2.55 bits per heavy atom. The van der Waals surface area contributed by atoms with Gasteiger partial charge in [-0.25, -0.2) is 4.98 Å². The number of nitrogens with one attached hydrogen (secondary N) is 1. The largest absolute Gasteiger partial charge is 0.550 e. The predicted molar refractivity (Wildman–Crippen MR) is 83.9 cm³/mol. The number of aliphatic carboxylic acids is 1. The fraction of sp³-hybridized carbons (Fsp3) is 0.267. The molecule has 0 aliphatic carbocycles. The van der Waals surface area contributed by atoms with Gasteiger partial charge in [-0.3, -0.25) is 4.79 Å². The van der Waals surface area contributed by atoms with Crippen LogP contribution in [0.25, 0.3) is 0 Å². The van der Waals surface area contributed by atoms with E-state index in [0.717, 1.165) is 11.3 Å². The van der Waals surface area contributed by atoms with Crippen LogP contribution in [0.5, 0.6) is 0 Å². The van der Waals surface area contributed by atoms with E-state index in [0.29, 0.717) is 10.2 Å². The highest BCUT2D eigenvalue weighted by molar-refractivity contribution is 7.13. The Bertz CT molecular complexity index is 670. The number of thiazole rings is 1.